The summed E-state index contributed by atoms with van der Waals surface area (Å²) in [7, 11) is 0. The number of nitro groups is 1. The number of aliphatic hydroxyl groups is 3. The van der Waals surface area contributed by atoms with Crippen molar-refractivity contribution in [2.24, 2.45) is 22.9 Å². The molecule has 65 heavy (non-hydrogen) atoms. The van der Waals surface area contributed by atoms with Crippen molar-refractivity contribution in [1.29, 1.82) is 0 Å². The van der Waals surface area contributed by atoms with Gasteiger partial charge in [-0.05, 0) is 125 Å². The lowest BCUT2D eigenvalue weighted by atomic mass is 9.55. The highest BCUT2D eigenvalue weighted by molar-refractivity contribution is 7.98. The maximum absolute atomic E-state index is 14.8. The number of hydrogen-bond donors (Lipinski definition) is 3. The second-order valence-electron chi connectivity index (χ2n) is 17.4. The van der Waals surface area contributed by atoms with Crippen molar-refractivity contribution in [3.63, 3.8) is 0 Å². The standard InChI is InChI=1S/C49H63N3O12S/c1-6-27-60-49-44(51(23-28-59-29-26-55)47(56)62-36-15-13-34(14-16-36)52(57)58)32-42(50-64-48(2,3)4)40-30-33(11-7-9-24-53)39(12-8-10-25-54)45(46(40)49)41-31-37(19-22-43(41)63-49)61-35-17-20-38(65-5)21-18-35/h6,13-22,30-31,33,39,44-46,53-55H,1,7-12,23-29,32H2,2-5H3/t33-,39+,44-,45+,46+,49+/m0/s1. The van der Waals surface area contributed by atoms with Crippen LogP contribution < -0.4 is 14.2 Å². The predicted molar refractivity (Wildman–Crippen MR) is 248 cm³/mol. The van der Waals surface area contributed by atoms with Gasteiger partial charge in [-0.1, -0.05) is 30.1 Å². The van der Waals surface area contributed by atoms with E-state index in [1.165, 1.54) is 29.2 Å². The molecule has 15 nitrogen and oxygen atoms in total. The van der Waals surface area contributed by atoms with E-state index in [9.17, 15) is 30.2 Å². The van der Waals surface area contributed by atoms with Gasteiger partial charge in [-0.3, -0.25) is 15.0 Å². The highest BCUT2D eigenvalue weighted by Crippen LogP contribution is 2.62. The van der Waals surface area contributed by atoms with Gasteiger partial charge in [0.1, 0.15) is 34.6 Å². The molecule has 0 saturated heterocycles. The van der Waals surface area contributed by atoms with Gasteiger partial charge in [0.2, 0.25) is 5.79 Å². The number of amides is 1. The van der Waals surface area contributed by atoms with Gasteiger partial charge < -0.3 is 43.8 Å². The molecule has 16 heteroatoms. The van der Waals surface area contributed by atoms with Crippen LogP contribution in [0.4, 0.5) is 10.5 Å². The molecule has 1 aliphatic heterocycles. The number of non-ortho nitro benzene ring substituents is 1. The second kappa shape index (κ2) is 23.0. The highest BCUT2D eigenvalue weighted by Gasteiger charge is 2.65. The molecule has 3 aromatic rings. The van der Waals surface area contributed by atoms with Gasteiger partial charge >= 0.3 is 6.09 Å². The van der Waals surface area contributed by atoms with Crippen LogP contribution in [0.5, 0.6) is 23.0 Å². The van der Waals surface area contributed by atoms with Crippen LogP contribution in [-0.4, -0.2) is 107 Å². The second-order valence-corrected chi connectivity index (χ2v) is 18.3. The van der Waals surface area contributed by atoms with Crippen LogP contribution in [0.1, 0.15) is 77.2 Å². The molecule has 0 radical (unpaired) electrons. The summed E-state index contributed by atoms with van der Waals surface area (Å²) in [6, 6.07) is 18.0. The molecule has 2 aliphatic carbocycles. The Labute approximate surface area is 385 Å². The maximum Gasteiger partial charge on any atom is 0.415 e. The summed E-state index contributed by atoms with van der Waals surface area (Å²) < 4.78 is 32.6. The summed E-state index contributed by atoms with van der Waals surface area (Å²) in [5.41, 5.74) is 1.50. The number of rotatable bonds is 23. The van der Waals surface area contributed by atoms with Gasteiger partial charge in [-0.25, -0.2) is 4.79 Å². The predicted octanol–water partition coefficient (Wildman–Crippen LogP) is 9.05. The molecule has 6 rings (SSSR count). The molecule has 3 aromatic carbocycles. The number of oxime groups is 1. The monoisotopic (exact) mass is 917 g/mol. The summed E-state index contributed by atoms with van der Waals surface area (Å²) in [5, 5.41) is 45.9. The minimum atomic E-state index is -1.59. The molecule has 0 unspecified atom stereocenters. The fraction of sp³-hybridized carbons (Fsp3) is 0.510. The molecule has 3 N–H and O–H groups in total. The van der Waals surface area contributed by atoms with Crippen molar-refractivity contribution in [2.45, 2.75) is 94.0 Å². The Morgan fingerprint density at radius 1 is 0.969 bits per heavy atom. The molecule has 0 bridgehead atoms. The lowest BCUT2D eigenvalue weighted by Crippen LogP contribution is -2.70. The number of hydrogen-bond acceptors (Lipinski definition) is 14. The molecule has 3 aliphatic rings. The van der Waals surface area contributed by atoms with Crippen molar-refractivity contribution in [3.05, 3.63) is 107 Å². The first-order valence-corrected chi connectivity index (χ1v) is 23.6. The molecular formula is C49H63N3O12S. The van der Waals surface area contributed by atoms with E-state index >= 15 is 0 Å². The Kier molecular flexibility index (Phi) is 17.5. The van der Waals surface area contributed by atoms with Crippen LogP contribution in [0.15, 0.2) is 101 Å². The number of carbonyl (C=O) groups excluding carboxylic acids is 1. The van der Waals surface area contributed by atoms with E-state index in [0.29, 0.717) is 35.8 Å². The van der Waals surface area contributed by atoms with Gasteiger partial charge in [-0.2, -0.15) is 0 Å². The molecule has 0 spiro atoms. The average molecular weight is 918 g/mol. The van der Waals surface area contributed by atoms with Crippen molar-refractivity contribution in [3.8, 4) is 23.0 Å². The van der Waals surface area contributed by atoms with Crippen molar-refractivity contribution < 1.29 is 53.6 Å². The minimum Gasteiger partial charge on any atom is -0.459 e. The molecule has 1 saturated carbocycles. The Hall–Kier alpha value is -4.97. The van der Waals surface area contributed by atoms with E-state index in [-0.39, 0.29) is 81.8 Å². The molecule has 6 atom stereocenters. The Morgan fingerprint density at radius 2 is 1.66 bits per heavy atom. The smallest absolute Gasteiger partial charge is 0.415 e. The number of carbonyl (C=O) groups is 1. The number of thioether (sulfide) groups is 1. The van der Waals surface area contributed by atoms with Gasteiger partial charge in [0.15, 0.2) is 0 Å². The number of benzene rings is 3. The van der Waals surface area contributed by atoms with E-state index < -0.39 is 34.4 Å². The number of allylic oxidation sites excluding steroid dienone is 1. The summed E-state index contributed by atoms with van der Waals surface area (Å²) in [5.74, 6) is -0.627. The van der Waals surface area contributed by atoms with Crippen LogP contribution in [0.25, 0.3) is 0 Å². The first-order valence-electron chi connectivity index (χ1n) is 22.4. The number of fused-ring (bicyclic) bond motifs is 2. The summed E-state index contributed by atoms with van der Waals surface area (Å²) in [6.45, 7) is 9.67. The van der Waals surface area contributed by atoms with Crippen LogP contribution in [0, 0.1) is 27.9 Å². The molecule has 1 fully saturated rings. The highest BCUT2D eigenvalue weighted by atomic mass is 32.2. The van der Waals surface area contributed by atoms with Crippen LogP contribution in [-0.2, 0) is 14.3 Å². The van der Waals surface area contributed by atoms with E-state index in [0.717, 1.165) is 41.7 Å². The van der Waals surface area contributed by atoms with E-state index in [1.807, 2.05) is 69.5 Å². The van der Waals surface area contributed by atoms with Gasteiger partial charge in [0.05, 0.1) is 43.0 Å². The fourth-order valence-electron chi connectivity index (χ4n) is 9.18. The lowest BCUT2D eigenvalue weighted by molar-refractivity contribution is -0.384. The third kappa shape index (κ3) is 12.1. The van der Waals surface area contributed by atoms with Crippen molar-refractivity contribution in [1.82, 2.24) is 4.90 Å². The quantitative estimate of drug-likeness (QED) is 0.0269. The number of unbranched alkanes of at least 4 members (excludes halogenated alkanes) is 2. The molecule has 1 heterocycles. The first-order chi connectivity index (χ1) is 31.4. The zero-order valence-corrected chi connectivity index (χ0v) is 38.6. The maximum atomic E-state index is 14.8. The zero-order chi connectivity index (χ0) is 46.6. The summed E-state index contributed by atoms with van der Waals surface area (Å²) >= 11 is 1.64. The van der Waals surface area contributed by atoms with E-state index in [2.05, 4.69) is 12.7 Å². The number of nitro benzene ring substituents is 1. The van der Waals surface area contributed by atoms with Crippen molar-refractivity contribution >= 4 is 29.3 Å². The van der Waals surface area contributed by atoms with Gasteiger partial charge in [0.25, 0.3) is 5.69 Å². The SMILES string of the molecule is C=CCO[C@@]12Oc3ccc(Oc4ccc(SC)cc4)cc3[C@H]3[C@H](CCCCO)[C@@H](CCCCO)C=C(C(=NOC(C)(C)C)C[C@@H]1N(CCOCCO)C(=O)Oc1ccc([N+](=O)[O-])cc1)[C@H]32. The lowest BCUT2D eigenvalue weighted by Gasteiger charge is -2.59. The van der Waals surface area contributed by atoms with Crippen LogP contribution in [0.2, 0.25) is 0 Å². The Bertz CT molecular complexity index is 2130. The summed E-state index contributed by atoms with van der Waals surface area (Å²) in [6.07, 6.45) is 9.51. The average Bonchev–Trinajstić information content (AvgIpc) is 3.29. The first kappa shape index (κ1) is 49.5. The Morgan fingerprint density at radius 3 is 2.31 bits per heavy atom. The van der Waals surface area contributed by atoms with Gasteiger partial charge in [0, 0.05) is 54.7 Å². The third-order valence-electron chi connectivity index (χ3n) is 11.9. The molecule has 1 amide bonds. The normalized spacial score (nSPS) is 22.8. The zero-order valence-electron chi connectivity index (χ0n) is 37.8. The third-order valence-corrected chi connectivity index (χ3v) is 12.7. The summed E-state index contributed by atoms with van der Waals surface area (Å²) in [4.78, 5) is 34.5. The van der Waals surface area contributed by atoms with Crippen molar-refractivity contribution in [2.75, 3.05) is 52.4 Å². The molecular weight excluding hydrogens is 855 g/mol. The molecule has 352 valence electrons. The number of aliphatic hydroxyl groups excluding tert-OH is 3. The van der Waals surface area contributed by atoms with Crippen LogP contribution >= 0.6 is 11.8 Å². The van der Waals surface area contributed by atoms with E-state index in [1.54, 1.807) is 17.8 Å². The largest absolute Gasteiger partial charge is 0.459 e. The molecule has 0 aromatic heterocycles. The number of ether oxygens (including phenoxy) is 5. The Balaban J connectivity index is 1.58. The topological polar surface area (TPSA) is 192 Å². The number of nitrogens with zero attached hydrogens (tertiary/aromatic N) is 3. The van der Waals surface area contributed by atoms with E-state index in [4.69, 9.17) is 33.7 Å². The van der Waals surface area contributed by atoms with Gasteiger partial charge in [-0.15, -0.1) is 18.3 Å². The minimum absolute atomic E-state index is 0.00897. The fourth-order valence-corrected chi connectivity index (χ4v) is 9.59. The van der Waals surface area contributed by atoms with Crippen LogP contribution in [0.3, 0.4) is 0 Å².